The van der Waals surface area contributed by atoms with Gasteiger partial charge in [0.25, 0.3) is 0 Å². The van der Waals surface area contributed by atoms with Crippen LogP contribution in [0.1, 0.15) is 36.3 Å². The number of pyridine rings is 1. The Morgan fingerprint density at radius 3 is 2.79 bits per heavy atom. The molecule has 1 aromatic heterocycles. The highest BCUT2D eigenvalue weighted by molar-refractivity contribution is 5.70. The van der Waals surface area contributed by atoms with E-state index in [4.69, 9.17) is 10.00 Å². The van der Waals surface area contributed by atoms with Crippen LogP contribution in [0.25, 0.3) is 0 Å². The Morgan fingerprint density at radius 2 is 2.26 bits per heavy atom. The van der Waals surface area contributed by atoms with Crippen molar-refractivity contribution in [3.63, 3.8) is 0 Å². The molecule has 19 heavy (non-hydrogen) atoms. The molecule has 102 valence electrons. The van der Waals surface area contributed by atoms with Crippen LogP contribution < -0.4 is 0 Å². The van der Waals surface area contributed by atoms with E-state index in [-0.39, 0.29) is 18.7 Å². The second kappa shape index (κ2) is 6.83. The summed E-state index contributed by atoms with van der Waals surface area (Å²) in [5.41, 5.74) is 1.21. The van der Waals surface area contributed by atoms with Crippen LogP contribution in [0.15, 0.2) is 12.3 Å². The van der Waals surface area contributed by atoms with Crippen molar-refractivity contribution in [2.75, 3.05) is 6.61 Å². The number of nitriles is 1. The fourth-order valence-corrected chi connectivity index (χ4v) is 1.60. The average Bonchev–Trinajstić information content (AvgIpc) is 2.37. The summed E-state index contributed by atoms with van der Waals surface area (Å²) in [6.07, 6.45) is -1.50. The molecule has 0 fully saturated rings. The minimum absolute atomic E-state index is 0.221. The number of rotatable bonds is 5. The van der Waals surface area contributed by atoms with Gasteiger partial charge in [-0.3, -0.25) is 4.79 Å². The highest BCUT2D eigenvalue weighted by Crippen LogP contribution is 2.20. The van der Waals surface area contributed by atoms with Crippen LogP contribution >= 0.6 is 0 Å². The Bertz CT molecular complexity index is 496. The lowest BCUT2D eigenvalue weighted by Gasteiger charge is -2.17. The first-order valence-electron chi connectivity index (χ1n) is 5.88. The first kappa shape index (κ1) is 15.1. The predicted molar refractivity (Wildman–Crippen MR) is 65.9 cm³/mol. The van der Waals surface area contributed by atoms with Crippen LogP contribution in [0.5, 0.6) is 0 Å². The van der Waals surface area contributed by atoms with Crippen LogP contribution in [0, 0.1) is 18.3 Å². The molecule has 0 saturated carbocycles. The Hall–Kier alpha value is -1.97. The fraction of sp³-hybridized carbons (Fsp3) is 0.462. The molecule has 1 aromatic rings. The van der Waals surface area contributed by atoms with Gasteiger partial charge in [0.1, 0.15) is 17.9 Å². The summed E-state index contributed by atoms with van der Waals surface area (Å²) in [4.78, 5) is 15.1. The molecule has 0 aliphatic rings. The summed E-state index contributed by atoms with van der Waals surface area (Å²) in [5.74, 6) is -0.577. The summed E-state index contributed by atoms with van der Waals surface area (Å²) in [6.45, 7) is 3.56. The van der Waals surface area contributed by atoms with Gasteiger partial charge in [-0.25, -0.2) is 4.98 Å². The van der Waals surface area contributed by atoms with Crippen molar-refractivity contribution in [3.8, 4) is 6.07 Å². The third-order valence-electron chi connectivity index (χ3n) is 2.59. The van der Waals surface area contributed by atoms with Gasteiger partial charge in [0.2, 0.25) is 0 Å². The smallest absolute Gasteiger partial charge is 0.308 e. The van der Waals surface area contributed by atoms with E-state index in [9.17, 15) is 15.0 Å². The molecular weight excluding hydrogens is 248 g/mol. The van der Waals surface area contributed by atoms with Crippen molar-refractivity contribution >= 4 is 5.97 Å². The second-order valence-electron chi connectivity index (χ2n) is 4.07. The zero-order valence-electron chi connectivity index (χ0n) is 10.8. The fourth-order valence-electron chi connectivity index (χ4n) is 1.60. The normalized spacial score (nSPS) is 13.4. The average molecular weight is 264 g/mol. The molecule has 0 aliphatic carbocycles. The highest BCUT2D eigenvalue weighted by Gasteiger charge is 2.22. The largest absolute Gasteiger partial charge is 0.466 e. The van der Waals surface area contributed by atoms with Crippen LogP contribution in [-0.2, 0) is 9.53 Å². The zero-order valence-corrected chi connectivity index (χ0v) is 10.8. The monoisotopic (exact) mass is 264 g/mol. The van der Waals surface area contributed by atoms with Gasteiger partial charge in [-0.2, -0.15) is 5.26 Å². The van der Waals surface area contributed by atoms with Crippen LogP contribution in [0.4, 0.5) is 0 Å². The molecular formula is C13H16N2O4. The molecule has 0 amide bonds. The lowest BCUT2D eigenvalue weighted by molar-refractivity contribution is -0.147. The molecule has 0 aromatic carbocycles. The van der Waals surface area contributed by atoms with Crippen molar-refractivity contribution in [1.82, 2.24) is 4.98 Å². The summed E-state index contributed by atoms with van der Waals surface area (Å²) in [7, 11) is 0. The van der Waals surface area contributed by atoms with Crippen molar-refractivity contribution < 1.29 is 19.7 Å². The van der Waals surface area contributed by atoms with Gasteiger partial charge in [0.05, 0.1) is 19.1 Å². The number of carbonyl (C=O) groups is 1. The molecule has 0 saturated heterocycles. The number of hydrogen-bond acceptors (Lipinski definition) is 6. The molecule has 2 unspecified atom stereocenters. The van der Waals surface area contributed by atoms with Crippen LogP contribution in [0.2, 0.25) is 0 Å². The number of ether oxygens (including phenoxy) is 1. The third kappa shape index (κ3) is 4.02. The number of aryl methyl sites for hydroxylation is 1. The Balaban J connectivity index is 2.77. The van der Waals surface area contributed by atoms with Crippen molar-refractivity contribution in [3.05, 3.63) is 29.1 Å². The van der Waals surface area contributed by atoms with E-state index in [0.29, 0.717) is 11.1 Å². The maximum Gasteiger partial charge on any atom is 0.308 e. The quantitative estimate of drug-likeness (QED) is 0.755. The molecule has 0 spiro atoms. The van der Waals surface area contributed by atoms with Gasteiger partial charge in [-0.1, -0.05) is 0 Å². The molecule has 2 atom stereocenters. The predicted octanol–water partition coefficient (Wildman–Crippen LogP) is 0.609. The van der Waals surface area contributed by atoms with E-state index in [1.54, 1.807) is 19.9 Å². The second-order valence-corrected chi connectivity index (χ2v) is 4.07. The van der Waals surface area contributed by atoms with Gasteiger partial charge in [-0.15, -0.1) is 0 Å². The molecule has 6 heteroatoms. The Labute approximate surface area is 111 Å². The molecule has 0 bridgehead atoms. The number of hydrogen-bond donors (Lipinski definition) is 2. The molecule has 1 heterocycles. The van der Waals surface area contributed by atoms with Crippen molar-refractivity contribution in [2.24, 2.45) is 0 Å². The third-order valence-corrected chi connectivity index (χ3v) is 2.59. The molecule has 6 nitrogen and oxygen atoms in total. The number of carbonyl (C=O) groups excluding carboxylic acids is 1. The van der Waals surface area contributed by atoms with E-state index in [0.717, 1.165) is 0 Å². The van der Waals surface area contributed by atoms with Gasteiger partial charge in [-0.05, 0) is 25.5 Å². The van der Waals surface area contributed by atoms with E-state index in [1.165, 1.54) is 6.20 Å². The van der Waals surface area contributed by atoms with Gasteiger partial charge < -0.3 is 14.9 Å². The first-order chi connectivity index (χ1) is 8.99. The van der Waals surface area contributed by atoms with E-state index >= 15 is 0 Å². The summed E-state index contributed by atoms with van der Waals surface area (Å²) < 4.78 is 4.69. The number of aliphatic hydroxyl groups excluding tert-OH is 2. The van der Waals surface area contributed by atoms with E-state index in [1.807, 2.05) is 6.07 Å². The Kier molecular flexibility index (Phi) is 5.42. The summed E-state index contributed by atoms with van der Waals surface area (Å²) in [5, 5.41) is 28.4. The van der Waals surface area contributed by atoms with E-state index in [2.05, 4.69) is 4.98 Å². The van der Waals surface area contributed by atoms with Crippen molar-refractivity contribution in [2.45, 2.75) is 32.5 Å². The van der Waals surface area contributed by atoms with Crippen LogP contribution in [0.3, 0.4) is 0 Å². The summed E-state index contributed by atoms with van der Waals surface area (Å²) in [6, 6.07) is 3.47. The van der Waals surface area contributed by atoms with Crippen LogP contribution in [-0.4, -0.2) is 33.9 Å². The molecule has 2 N–H and O–H groups in total. The molecule has 1 rings (SSSR count). The van der Waals surface area contributed by atoms with Crippen molar-refractivity contribution in [1.29, 1.82) is 5.26 Å². The molecule has 0 radical (unpaired) electrons. The highest BCUT2D eigenvalue weighted by atomic mass is 16.5. The number of esters is 1. The first-order valence-corrected chi connectivity index (χ1v) is 5.88. The maximum atomic E-state index is 11.2. The standard InChI is InChI=1S/C13H16N2O4/c1-3-19-12(17)5-11(16)13(18)9-4-8(2)10(6-14)15-7-9/h4,7,11,13,16,18H,3,5H2,1-2H3. The number of nitrogens with zero attached hydrogens (tertiary/aromatic N) is 2. The van der Waals surface area contributed by atoms with E-state index < -0.39 is 18.2 Å². The number of aliphatic hydroxyl groups is 2. The zero-order chi connectivity index (χ0) is 14.4. The lowest BCUT2D eigenvalue weighted by atomic mass is 10.0. The topological polar surface area (TPSA) is 103 Å². The lowest BCUT2D eigenvalue weighted by Crippen LogP contribution is -2.23. The van der Waals surface area contributed by atoms with Gasteiger partial charge >= 0.3 is 5.97 Å². The van der Waals surface area contributed by atoms with Gasteiger partial charge in [0, 0.05) is 11.8 Å². The maximum absolute atomic E-state index is 11.2. The summed E-state index contributed by atoms with van der Waals surface area (Å²) >= 11 is 0. The molecule has 0 aliphatic heterocycles. The Morgan fingerprint density at radius 1 is 1.58 bits per heavy atom. The van der Waals surface area contributed by atoms with Gasteiger partial charge in [0.15, 0.2) is 0 Å². The SMILES string of the molecule is CCOC(=O)CC(O)C(O)c1cnc(C#N)c(C)c1. The number of aromatic nitrogens is 1. The minimum Gasteiger partial charge on any atom is -0.466 e. The minimum atomic E-state index is -1.27.